The standard InChI is InChI=1S/C19H36O2/c1-2-3-4-5-6-7-8-9-10-11-12-13-14-15-16-17-18-21-19-20/h10-11,19H,2-9,12-18H2,1H3/b11-10-. The summed E-state index contributed by atoms with van der Waals surface area (Å²) in [6.07, 6.45) is 23.0. The number of carbonyl (C=O) groups excluding carboxylic acids is 1. The number of hydrogen-bond acceptors (Lipinski definition) is 2. The monoisotopic (exact) mass is 296 g/mol. The Kier molecular flexibility index (Phi) is 18.5. The molecule has 124 valence electrons. The Labute approximate surface area is 132 Å². The zero-order valence-corrected chi connectivity index (χ0v) is 14.2. The zero-order valence-electron chi connectivity index (χ0n) is 14.2. The van der Waals surface area contributed by atoms with Gasteiger partial charge in [0.1, 0.15) is 0 Å². The van der Waals surface area contributed by atoms with E-state index >= 15 is 0 Å². The topological polar surface area (TPSA) is 26.3 Å². The van der Waals surface area contributed by atoms with Crippen molar-refractivity contribution >= 4 is 6.47 Å². The first-order chi connectivity index (χ1) is 10.4. The molecule has 21 heavy (non-hydrogen) atoms. The van der Waals surface area contributed by atoms with Crippen molar-refractivity contribution < 1.29 is 9.53 Å². The lowest BCUT2D eigenvalue weighted by molar-refractivity contribution is -0.128. The summed E-state index contributed by atoms with van der Waals surface area (Å²) in [5.74, 6) is 0. The molecule has 0 aliphatic rings. The summed E-state index contributed by atoms with van der Waals surface area (Å²) in [7, 11) is 0. The molecule has 0 aromatic carbocycles. The predicted molar refractivity (Wildman–Crippen MR) is 91.5 cm³/mol. The largest absolute Gasteiger partial charge is 0.468 e. The van der Waals surface area contributed by atoms with Gasteiger partial charge in [-0.1, -0.05) is 76.9 Å². The predicted octanol–water partition coefficient (Wildman–Crippen LogP) is 6.20. The van der Waals surface area contributed by atoms with Crippen LogP contribution in [0.5, 0.6) is 0 Å². The summed E-state index contributed by atoms with van der Waals surface area (Å²) in [6.45, 7) is 3.39. The van der Waals surface area contributed by atoms with E-state index < -0.39 is 0 Å². The Morgan fingerprint density at radius 3 is 1.67 bits per heavy atom. The van der Waals surface area contributed by atoms with E-state index in [2.05, 4.69) is 23.8 Å². The number of allylic oxidation sites excluding steroid dienone is 2. The fraction of sp³-hybridized carbons (Fsp3) is 0.842. The van der Waals surface area contributed by atoms with Crippen LogP contribution in [0.3, 0.4) is 0 Å². The summed E-state index contributed by atoms with van der Waals surface area (Å²) >= 11 is 0. The molecule has 2 nitrogen and oxygen atoms in total. The average molecular weight is 296 g/mol. The molecule has 2 heteroatoms. The van der Waals surface area contributed by atoms with Gasteiger partial charge in [0.25, 0.3) is 6.47 Å². The Morgan fingerprint density at radius 2 is 1.14 bits per heavy atom. The van der Waals surface area contributed by atoms with E-state index in [0.717, 1.165) is 6.42 Å². The second kappa shape index (κ2) is 19.2. The number of ether oxygens (including phenoxy) is 1. The normalized spacial score (nSPS) is 11.1. The Morgan fingerprint density at radius 1 is 0.667 bits per heavy atom. The van der Waals surface area contributed by atoms with Gasteiger partial charge in [-0.25, -0.2) is 0 Å². The van der Waals surface area contributed by atoms with Crippen molar-refractivity contribution in [1.29, 1.82) is 0 Å². The SMILES string of the molecule is CCCCCCCCC/C=C\CCCCCCCOC=O. The van der Waals surface area contributed by atoms with E-state index in [9.17, 15) is 4.79 Å². The molecule has 0 heterocycles. The maximum absolute atomic E-state index is 9.94. The lowest BCUT2D eigenvalue weighted by atomic mass is 10.1. The summed E-state index contributed by atoms with van der Waals surface area (Å²) in [6, 6.07) is 0. The van der Waals surface area contributed by atoms with E-state index in [1.54, 1.807) is 0 Å². The molecule has 0 spiro atoms. The molecule has 0 rings (SSSR count). The summed E-state index contributed by atoms with van der Waals surface area (Å²) in [5.41, 5.74) is 0. The lowest BCUT2D eigenvalue weighted by Crippen LogP contribution is -1.91. The molecule has 0 aromatic rings. The van der Waals surface area contributed by atoms with Crippen LogP contribution in [0.2, 0.25) is 0 Å². The highest BCUT2D eigenvalue weighted by Crippen LogP contribution is 2.09. The van der Waals surface area contributed by atoms with Crippen molar-refractivity contribution in [3.05, 3.63) is 12.2 Å². The van der Waals surface area contributed by atoms with Crippen LogP contribution in [0.25, 0.3) is 0 Å². The van der Waals surface area contributed by atoms with Crippen LogP contribution in [0.15, 0.2) is 12.2 Å². The molecule has 0 saturated carbocycles. The highest BCUT2D eigenvalue weighted by molar-refractivity contribution is 5.36. The first-order valence-electron chi connectivity index (χ1n) is 9.12. The van der Waals surface area contributed by atoms with Gasteiger partial charge in [-0.15, -0.1) is 0 Å². The number of rotatable bonds is 17. The Balaban J connectivity index is 3.03. The second-order valence-corrected chi connectivity index (χ2v) is 5.90. The van der Waals surface area contributed by atoms with Gasteiger partial charge in [0.2, 0.25) is 0 Å². The van der Waals surface area contributed by atoms with Crippen LogP contribution < -0.4 is 0 Å². The molecule has 0 aliphatic heterocycles. The molecule has 0 bridgehead atoms. The average Bonchev–Trinajstić information content (AvgIpc) is 2.50. The number of unbranched alkanes of at least 4 members (excludes halogenated alkanes) is 12. The highest BCUT2D eigenvalue weighted by Gasteiger charge is 1.91. The van der Waals surface area contributed by atoms with Crippen LogP contribution >= 0.6 is 0 Å². The van der Waals surface area contributed by atoms with Gasteiger partial charge in [0.15, 0.2) is 0 Å². The summed E-state index contributed by atoms with van der Waals surface area (Å²) in [4.78, 5) is 9.94. The van der Waals surface area contributed by atoms with Gasteiger partial charge >= 0.3 is 0 Å². The second-order valence-electron chi connectivity index (χ2n) is 5.90. The first kappa shape index (κ1) is 20.2. The van der Waals surface area contributed by atoms with Crippen molar-refractivity contribution in [2.24, 2.45) is 0 Å². The fourth-order valence-electron chi connectivity index (χ4n) is 2.48. The molecule has 0 aliphatic carbocycles. The van der Waals surface area contributed by atoms with E-state index in [0.29, 0.717) is 13.1 Å². The van der Waals surface area contributed by atoms with E-state index in [1.165, 1.54) is 83.5 Å². The van der Waals surface area contributed by atoms with Crippen molar-refractivity contribution in [2.75, 3.05) is 6.61 Å². The summed E-state index contributed by atoms with van der Waals surface area (Å²) in [5, 5.41) is 0. The lowest BCUT2D eigenvalue weighted by Gasteiger charge is -2.00. The van der Waals surface area contributed by atoms with E-state index in [1.807, 2.05) is 0 Å². The zero-order chi connectivity index (χ0) is 15.4. The quantitative estimate of drug-likeness (QED) is 0.181. The van der Waals surface area contributed by atoms with Crippen LogP contribution in [0, 0.1) is 0 Å². The molecule has 0 radical (unpaired) electrons. The van der Waals surface area contributed by atoms with E-state index in [-0.39, 0.29) is 0 Å². The van der Waals surface area contributed by atoms with Crippen LogP contribution in [-0.2, 0) is 9.53 Å². The summed E-state index contributed by atoms with van der Waals surface area (Å²) < 4.78 is 4.66. The van der Waals surface area contributed by atoms with Gasteiger partial charge in [-0.2, -0.15) is 0 Å². The minimum atomic E-state index is 0.538. The third kappa shape index (κ3) is 19.2. The van der Waals surface area contributed by atoms with Gasteiger partial charge < -0.3 is 4.74 Å². The molecule has 0 amide bonds. The van der Waals surface area contributed by atoms with Gasteiger partial charge in [0, 0.05) is 0 Å². The van der Waals surface area contributed by atoms with Gasteiger partial charge in [-0.3, -0.25) is 4.79 Å². The molecule has 0 N–H and O–H groups in total. The molecule has 0 fully saturated rings. The molecular formula is C19H36O2. The molecular weight excluding hydrogens is 260 g/mol. The third-order valence-corrected chi connectivity index (χ3v) is 3.84. The Hall–Kier alpha value is -0.790. The van der Waals surface area contributed by atoms with Crippen molar-refractivity contribution in [1.82, 2.24) is 0 Å². The third-order valence-electron chi connectivity index (χ3n) is 3.84. The maximum atomic E-state index is 9.94. The van der Waals surface area contributed by atoms with Gasteiger partial charge in [-0.05, 0) is 32.1 Å². The molecule has 0 saturated heterocycles. The van der Waals surface area contributed by atoms with Gasteiger partial charge in [0.05, 0.1) is 6.61 Å². The van der Waals surface area contributed by atoms with E-state index in [4.69, 9.17) is 0 Å². The fourth-order valence-corrected chi connectivity index (χ4v) is 2.48. The smallest absolute Gasteiger partial charge is 0.293 e. The molecule has 0 atom stereocenters. The van der Waals surface area contributed by atoms with Crippen LogP contribution in [0.4, 0.5) is 0 Å². The van der Waals surface area contributed by atoms with Crippen molar-refractivity contribution in [3.8, 4) is 0 Å². The van der Waals surface area contributed by atoms with Crippen LogP contribution in [0.1, 0.15) is 96.8 Å². The van der Waals surface area contributed by atoms with Crippen molar-refractivity contribution in [2.45, 2.75) is 96.8 Å². The van der Waals surface area contributed by atoms with Crippen LogP contribution in [-0.4, -0.2) is 13.1 Å². The highest BCUT2D eigenvalue weighted by atomic mass is 16.5. The molecule has 0 aromatic heterocycles. The number of carbonyl (C=O) groups is 1. The minimum Gasteiger partial charge on any atom is -0.468 e. The van der Waals surface area contributed by atoms with Crippen molar-refractivity contribution in [3.63, 3.8) is 0 Å². The molecule has 0 unspecified atom stereocenters. The minimum absolute atomic E-state index is 0.538. The maximum Gasteiger partial charge on any atom is 0.293 e. The Bertz CT molecular complexity index is 224. The number of hydrogen-bond donors (Lipinski definition) is 0. The first-order valence-corrected chi connectivity index (χ1v) is 9.12.